The third-order valence-electron chi connectivity index (χ3n) is 2.34. The smallest absolute Gasteiger partial charge is 0.0287 e. The molecule has 0 rings (SSSR count). The van der Waals surface area contributed by atoms with Crippen molar-refractivity contribution in [2.45, 2.75) is 65.2 Å². The first-order chi connectivity index (χ1) is 6.41. The van der Waals surface area contributed by atoms with E-state index >= 15 is 0 Å². The van der Waals surface area contributed by atoms with Gasteiger partial charge in [-0.25, -0.2) is 0 Å². The molecular weight excluding hydrogens is 175 g/mol. The van der Waals surface area contributed by atoms with E-state index in [0.717, 1.165) is 0 Å². The lowest BCUT2D eigenvalue weighted by Gasteiger charge is -2.00. The number of hydrogen-bond donors (Lipinski definition) is 0. The van der Waals surface area contributed by atoms with Crippen LogP contribution in [0, 0.1) is 0 Å². The fraction of sp³-hybridized carbons (Fsp3) is 1.00. The Hall–Kier alpha value is 0.430. The quantitative estimate of drug-likeness (QED) is 0.341. The van der Waals surface area contributed by atoms with Crippen LogP contribution in [0.3, 0.4) is 0 Å². The molecule has 0 aromatic rings. The lowest BCUT2D eigenvalue weighted by molar-refractivity contribution is 0.626. The molecule has 0 saturated carbocycles. The average Bonchev–Trinajstić information content (AvgIpc) is 2.16. The van der Waals surface area contributed by atoms with E-state index in [1.165, 1.54) is 63.7 Å². The van der Waals surface area contributed by atoms with Crippen molar-refractivity contribution in [3.8, 4) is 0 Å². The molecule has 0 unspecified atom stereocenters. The van der Waals surface area contributed by atoms with Crippen molar-refractivity contribution in [1.82, 2.24) is 0 Å². The Bertz CT molecular complexity index is 71.2. The van der Waals surface area contributed by atoms with Crippen molar-refractivity contribution in [2.75, 3.05) is 12.3 Å². The Morgan fingerprint density at radius 3 is 1.85 bits per heavy atom. The minimum absolute atomic E-state index is 1.36. The summed E-state index contributed by atoms with van der Waals surface area (Å²) in [6.45, 7) is 4.56. The highest BCUT2D eigenvalue weighted by atomic mass is 31.1. The molecule has 0 saturated heterocycles. The van der Waals surface area contributed by atoms with Gasteiger partial charge in [-0.1, -0.05) is 61.0 Å². The topological polar surface area (TPSA) is 0 Å². The van der Waals surface area contributed by atoms with Crippen molar-refractivity contribution in [3.63, 3.8) is 0 Å². The Morgan fingerprint density at radius 2 is 1.15 bits per heavy atom. The highest BCUT2D eigenvalue weighted by Crippen LogP contribution is 2.16. The van der Waals surface area contributed by atoms with Crippen molar-refractivity contribution < 1.29 is 0 Å². The molecule has 1 radical (unpaired) electrons. The van der Waals surface area contributed by atoms with Gasteiger partial charge in [0.05, 0.1) is 0 Å². The van der Waals surface area contributed by atoms with E-state index in [-0.39, 0.29) is 0 Å². The molecule has 13 heavy (non-hydrogen) atoms. The largest absolute Gasteiger partial charge is 0.0810 e. The van der Waals surface area contributed by atoms with Crippen molar-refractivity contribution in [3.05, 3.63) is 0 Å². The zero-order valence-electron chi connectivity index (χ0n) is 9.52. The summed E-state index contributed by atoms with van der Waals surface area (Å²) in [7, 11) is 1.70. The maximum Gasteiger partial charge on any atom is -0.0287 e. The second-order valence-electron chi connectivity index (χ2n) is 3.79. The van der Waals surface area contributed by atoms with E-state index in [1.54, 1.807) is 8.58 Å². The van der Waals surface area contributed by atoms with Crippen molar-refractivity contribution in [1.29, 1.82) is 0 Å². The van der Waals surface area contributed by atoms with Crippen LogP contribution in [0.15, 0.2) is 0 Å². The van der Waals surface area contributed by atoms with Gasteiger partial charge < -0.3 is 0 Å². The molecule has 0 aromatic heterocycles. The van der Waals surface area contributed by atoms with Gasteiger partial charge >= 0.3 is 0 Å². The monoisotopic (exact) mass is 201 g/mol. The standard InChI is InChI=1S/C12H26P/c1-3-5-7-8-9-10-12-13-11-6-4-2/h3-12H2,1-2H3. The first-order valence-corrected chi connectivity index (χ1v) is 7.31. The molecule has 1 heteroatoms. The van der Waals surface area contributed by atoms with Crippen LogP contribution in [-0.4, -0.2) is 12.3 Å². The van der Waals surface area contributed by atoms with Gasteiger partial charge in [-0.3, -0.25) is 0 Å². The molecule has 0 aliphatic heterocycles. The predicted molar refractivity (Wildman–Crippen MR) is 64.9 cm³/mol. The fourth-order valence-electron chi connectivity index (χ4n) is 1.39. The normalized spacial score (nSPS) is 11.5. The molecule has 0 spiro atoms. The molecule has 0 N–H and O–H groups in total. The summed E-state index contributed by atoms with van der Waals surface area (Å²) in [6, 6.07) is 0. The Labute approximate surface area is 86.7 Å². The van der Waals surface area contributed by atoms with Crippen LogP contribution in [-0.2, 0) is 0 Å². The Balaban J connectivity index is 2.76. The summed E-state index contributed by atoms with van der Waals surface area (Å²) in [6.07, 6.45) is 14.4. The maximum atomic E-state index is 2.28. The predicted octanol–water partition coefficient (Wildman–Crippen LogP) is 5.09. The van der Waals surface area contributed by atoms with Crippen LogP contribution in [0.25, 0.3) is 0 Å². The van der Waals surface area contributed by atoms with Gasteiger partial charge in [-0.2, -0.15) is 0 Å². The minimum atomic E-state index is 1.36. The van der Waals surface area contributed by atoms with Crippen LogP contribution in [0.4, 0.5) is 0 Å². The molecule has 0 aromatic carbocycles. The van der Waals surface area contributed by atoms with Crippen LogP contribution in [0.1, 0.15) is 65.2 Å². The van der Waals surface area contributed by atoms with E-state index < -0.39 is 0 Å². The van der Waals surface area contributed by atoms with E-state index in [9.17, 15) is 0 Å². The number of rotatable bonds is 10. The molecule has 0 nitrogen and oxygen atoms in total. The Morgan fingerprint density at radius 1 is 0.615 bits per heavy atom. The third-order valence-corrected chi connectivity index (χ3v) is 3.60. The first kappa shape index (κ1) is 13.4. The van der Waals surface area contributed by atoms with Gasteiger partial charge in [0.1, 0.15) is 0 Å². The second kappa shape index (κ2) is 12.4. The Kier molecular flexibility index (Phi) is 12.8. The van der Waals surface area contributed by atoms with Gasteiger partial charge in [-0.15, -0.1) is 0 Å². The molecule has 79 valence electrons. The van der Waals surface area contributed by atoms with Gasteiger partial charge in [0.2, 0.25) is 0 Å². The molecule has 0 amide bonds. The second-order valence-corrected chi connectivity index (χ2v) is 5.13. The van der Waals surface area contributed by atoms with E-state index in [4.69, 9.17) is 0 Å². The van der Waals surface area contributed by atoms with Crippen LogP contribution in [0.2, 0.25) is 0 Å². The SMILES string of the molecule is CCCCCCCC[P]CCCC. The molecule has 0 aliphatic carbocycles. The van der Waals surface area contributed by atoms with Crippen molar-refractivity contribution in [2.24, 2.45) is 0 Å². The summed E-state index contributed by atoms with van der Waals surface area (Å²) in [5.74, 6) is 0. The third kappa shape index (κ3) is 12.4. The van der Waals surface area contributed by atoms with E-state index in [2.05, 4.69) is 13.8 Å². The van der Waals surface area contributed by atoms with Crippen LogP contribution >= 0.6 is 8.58 Å². The van der Waals surface area contributed by atoms with Crippen molar-refractivity contribution >= 4 is 8.58 Å². The summed E-state index contributed by atoms with van der Waals surface area (Å²) in [4.78, 5) is 0. The van der Waals surface area contributed by atoms with Crippen LogP contribution in [0.5, 0.6) is 0 Å². The summed E-state index contributed by atoms with van der Waals surface area (Å²) >= 11 is 0. The molecule has 0 heterocycles. The maximum absolute atomic E-state index is 2.28. The molecule has 0 fully saturated rings. The number of unbranched alkanes of at least 4 members (excludes halogenated alkanes) is 6. The summed E-state index contributed by atoms with van der Waals surface area (Å²) < 4.78 is 0. The van der Waals surface area contributed by atoms with E-state index in [1.807, 2.05) is 0 Å². The summed E-state index contributed by atoms with van der Waals surface area (Å²) in [5, 5.41) is 0. The molecular formula is C12H26P. The first-order valence-electron chi connectivity index (χ1n) is 6.05. The van der Waals surface area contributed by atoms with Crippen LogP contribution < -0.4 is 0 Å². The average molecular weight is 201 g/mol. The zero-order valence-corrected chi connectivity index (χ0v) is 10.4. The lowest BCUT2D eigenvalue weighted by Crippen LogP contribution is -1.82. The van der Waals surface area contributed by atoms with E-state index in [0.29, 0.717) is 0 Å². The number of hydrogen-bond acceptors (Lipinski definition) is 0. The molecule has 0 atom stereocenters. The molecule has 0 aliphatic rings. The zero-order chi connectivity index (χ0) is 9.78. The minimum Gasteiger partial charge on any atom is -0.0810 e. The highest BCUT2D eigenvalue weighted by molar-refractivity contribution is 7.37. The van der Waals surface area contributed by atoms with Gasteiger partial charge in [0, 0.05) is 0 Å². The lowest BCUT2D eigenvalue weighted by atomic mass is 10.1. The van der Waals surface area contributed by atoms with Gasteiger partial charge in [0.25, 0.3) is 0 Å². The fourth-order valence-corrected chi connectivity index (χ4v) is 2.60. The molecule has 0 bridgehead atoms. The van der Waals surface area contributed by atoms with Gasteiger partial charge in [-0.05, 0) is 25.2 Å². The highest BCUT2D eigenvalue weighted by Gasteiger charge is 1.91. The van der Waals surface area contributed by atoms with Gasteiger partial charge in [0.15, 0.2) is 0 Å². The summed E-state index contributed by atoms with van der Waals surface area (Å²) in [5.41, 5.74) is 0.